The molecule has 0 bridgehead atoms. The van der Waals surface area contributed by atoms with Gasteiger partial charge < -0.3 is 20.1 Å². The molecule has 1 heterocycles. The normalized spacial score (nSPS) is 19.2. The van der Waals surface area contributed by atoms with Gasteiger partial charge in [-0.15, -0.1) is 0 Å². The van der Waals surface area contributed by atoms with Crippen LogP contribution in [0, 0.1) is 0 Å². The van der Waals surface area contributed by atoms with Crippen molar-refractivity contribution in [3.8, 4) is 5.75 Å². The Hall–Kier alpha value is -1.26. The Morgan fingerprint density at radius 3 is 2.78 bits per heavy atom. The van der Waals surface area contributed by atoms with E-state index in [-0.39, 0.29) is 0 Å². The Morgan fingerprint density at radius 1 is 1.33 bits per heavy atom. The van der Waals surface area contributed by atoms with Crippen molar-refractivity contribution in [1.82, 2.24) is 0 Å². The molecule has 1 saturated heterocycles. The fourth-order valence-electron chi connectivity index (χ4n) is 2.23. The standard InChI is InChI=1S/C14H22N2O2/c1-17-13-5-3-12(4-6-13)16-9-7-14(11-16)18-10-2-8-15/h3-6,14H,2,7-11,15H2,1H3/t14-/m1/s1. The van der Waals surface area contributed by atoms with E-state index in [1.807, 2.05) is 12.1 Å². The SMILES string of the molecule is COc1ccc(N2CC[C@@H](OCCCN)C2)cc1. The van der Waals surface area contributed by atoms with Gasteiger partial charge in [-0.1, -0.05) is 0 Å². The highest BCUT2D eigenvalue weighted by Crippen LogP contribution is 2.24. The second-order valence-electron chi connectivity index (χ2n) is 4.57. The lowest BCUT2D eigenvalue weighted by Gasteiger charge is -2.19. The largest absolute Gasteiger partial charge is 0.497 e. The van der Waals surface area contributed by atoms with Gasteiger partial charge in [0.05, 0.1) is 13.2 Å². The third-order valence-corrected chi connectivity index (χ3v) is 3.28. The van der Waals surface area contributed by atoms with Gasteiger partial charge in [-0.05, 0) is 43.7 Å². The first-order valence-electron chi connectivity index (χ1n) is 6.54. The molecule has 0 unspecified atom stereocenters. The smallest absolute Gasteiger partial charge is 0.119 e. The van der Waals surface area contributed by atoms with Crippen LogP contribution >= 0.6 is 0 Å². The highest BCUT2D eigenvalue weighted by Gasteiger charge is 2.22. The van der Waals surface area contributed by atoms with E-state index in [9.17, 15) is 0 Å². The van der Waals surface area contributed by atoms with E-state index in [0.717, 1.165) is 38.3 Å². The summed E-state index contributed by atoms with van der Waals surface area (Å²) in [6.45, 7) is 3.50. The molecule has 1 aliphatic heterocycles. The average molecular weight is 250 g/mol. The molecule has 0 spiro atoms. The maximum absolute atomic E-state index is 5.79. The van der Waals surface area contributed by atoms with E-state index >= 15 is 0 Å². The van der Waals surface area contributed by atoms with Gasteiger partial charge in [0.1, 0.15) is 5.75 Å². The minimum atomic E-state index is 0.346. The van der Waals surface area contributed by atoms with Crippen LogP contribution in [0.5, 0.6) is 5.75 Å². The molecule has 1 atom stereocenters. The number of methoxy groups -OCH3 is 1. The van der Waals surface area contributed by atoms with Crippen molar-refractivity contribution in [3.05, 3.63) is 24.3 Å². The molecule has 1 fully saturated rings. The average Bonchev–Trinajstić information content (AvgIpc) is 2.88. The van der Waals surface area contributed by atoms with Crippen LogP contribution in [-0.4, -0.2) is 39.5 Å². The summed E-state index contributed by atoms with van der Waals surface area (Å²) < 4.78 is 11.0. The van der Waals surface area contributed by atoms with Gasteiger partial charge in [0.2, 0.25) is 0 Å². The number of hydrogen-bond donors (Lipinski definition) is 1. The van der Waals surface area contributed by atoms with Crippen molar-refractivity contribution < 1.29 is 9.47 Å². The predicted molar refractivity (Wildman–Crippen MR) is 73.2 cm³/mol. The summed E-state index contributed by atoms with van der Waals surface area (Å²) >= 11 is 0. The van der Waals surface area contributed by atoms with E-state index < -0.39 is 0 Å². The molecule has 1 aromatic rings. The molecule has 2 rings (SSSR count). The third kappa shape index (κ3) is 3.37. The molecule has 0 amide bonds. The Morgan fingerprint density at radius 2 is 2.11 bits per heavy atom. The summed E-state index contributed by atoms with van der Waals surface area (Å²) in [6.07, 6.45) is 2.38. The minimum Gasteiger partial charge on any atom is -0.497 e. The van der Waals surface area contributed by atoms with Gasteiger partial charge in [0, 0.05) is 25.4 Å². The highest BCUT2D eigenvalue weighted by atomic mass is 16.5. The van der Waals surface area contributed by atoms with Crippen LogP contribution in [0.1, 0.15) is 12.8 Å². The maximum Gasteiger partial charge on any atom is 0.119 e. The van der Waals surface area contributed by atoms with Crippen LogP contribution in [0.3, 0.4) is 0 Å². The lowest BCUT2D eigenvalue weighted by atomic mass is 10.3. The molecule has 0 saturated carbocycles. The summed E-state index contributed by atoms with van der Waals surface area (Å²) in [5.41, 5.74) is 6.69. The molecule has 1 aromatic carbocycles. The number of rotatable bonds is 6. The van der Waals surface area contributed by atoms with Crippen LogP contribution in [0.2, 0.25) is 0 Å². The van der Waals surface area contributed by atoms with Crippen molar-refractivity contribution in [2.24, 2.45) is 5.73 Å². The van der Waals surface area contributed by atoms with Gasteiger partial charge in [-0.3, -0.25) is 0 Å². The van der Waals surface area contributed by atoms with Crippen LogP contribution in [-0.2, 0) is 4.74 Å². The van der Waals surface area contributed by atoms with Crippen molar-refractivity contribution in [1.29, 1.82) is 0 Å². The van der Waals surface area contributed by atoms with E-state index in [2.05, 4.69) is 17.0 Å². The van der Waals surface area contributed by atoms with Crippen LogP contribution < -0.4 is 15.4 Å². The predicted octanol–water partition coefficient (Wildman–Crippen LogP) is 1.64. The fraction of sp³-hybridized carbons (Fsp3) is 0.571. The van der Waals surface area contributed by atoms with Gasteiger partial charge in [0.15, 0.2) is 0 Å². The maximum atomic E-state index is 5.79. The molecule has 100 valence electrons. The number of nitrogens with two attached hydrogens (primary N) is 1. The van der Waals surface area contributed by atoms with Gasteiger partial charge >= 0.3 is 0 Å². The molecule has 2 N–H and O–H groups in total. The molecule has 0 aromatic heterocycles. The van der Waals surface area contributed by atoms with Crippen LogP contribution in [0.4, 0.5) is 5.69 Å². The van der Waals surface area contributed by atoms with Gasteiger partial charge in [-0.2, -0.15) is 0 Å². The number of nitrogens with zero attached hydrogens (tertiary/aromatic N) is 1. The summed E-state index contributed by atoms with van der Waals surface area (Å²) in [7, 11) is 1.69. The summed E-state index contributed by atoms with van der Waals surface area (Å²) in [5.74, 6) is 0.897. The summed E-state index contributed by atoms with van der Waals surface area (Å²) in [4.78, 5) is 2.35. The lowest BCUT2D eigenvalue weighted by Crippen LogP contribution is -2.23. The number of ether oxygens (including phenoxy) is 2. The first-order chi connectivity index (χ1) is 8.83. The monoisotopic (exact) mass is 250 g/mol. The van der Waals surface area contributed by atoms with Gasteiger partial charge in [0.25, 0.3) is 0 Å². The first kappa shape index (κ1) is 13.2. The van der Waals surface area contributed by atoms with E-state index in [1.165, 1.54) is 5.69 Å². The molecule has 4 heteroatoms. The third-order valence-electron chi connectivity index (χ3n) is 3.28. The first-order valence-corrected chi connectivity index (χ1v) is 6.54. The quantitative estimate of drug-likeness (QED) is 0.780. The second kappa shape index (κ2) is 6.61. The fourth-order valence-corrected chi connectivity index (χ4v) is 2.23. The number of benzene rings is 1. The van der Waals surface area contributed by atoms with Crippen molar-refractivity contribution in [3.63, 3.8) is 0 Å². The highest BCUT2D eigenvalue weighted by molar-refractivity contribution is 5.50. The molecule has 4 nitrogen and oxygen atoms in total. The van der Waals surface area contributed by atoms with Crippen LogP contribution in [0.15, 0.2) is 24.3 Å². The zero-order chi connectivity index (χ0) is 12.8. The Bertz CT molecular complexity index is 353. The minimum absolute atomic E-state index is 0.346. The summed E-state index contributed by atoms with van der Waals surface area (Å²) in [6, 6.07) is 8.19. The van der Waals surface area contributed by atoms with Crippen molar-refractivity contribution in [2.75, 3.05) is 38.3 Å². The summed E-state index contributed by atoms with van der Waals surface area (Å²) in [5, 5.41) is 0. The van der Waals surface area contributed by atoms with E-state index in [1.54, 1.807) is 7.11 Å². The Balaban J connectivity index is 1.83. The lowest BCUT2D eigenvalue weighted by molar-refractivity contribution is 0.0676. The molecular weight excluding hydrogens is 228 g/mol. The number of hydrogen-bond acceptors (Lipinski definition) is 4. The van der Waals surface area contributed by atoms with Crippen molar-refractivity contribution in [2.45, 2.75) is 18.9 Å². The Labute approximate surface area is 109 Å². The molecule has 0 aliphatic carbocycles. The number of anilines is 1. The molecule has 1 aliphatic rings. The van der Waals surface area contributed by atoms with Crippen LogP contribution in [0.25, 0.3) is 0 Å². The zero-order valence-corrected chi connectivity index (χ0v) is 11.0. The molecule has 18 heavy (non-hydrogen) atoms. The molecular formula is C14H22N2O2. The topological polar surface area (TPSA) is 47.7 Å². The van der Waals surface area contributed by atoms with Gasteiger partial charge in [-0.25, -0.2) is 0 Å². The Kier molecular flexibility index (Phi) is 4.84. The van der Waals surface area contributed by atoms with E-state index in [0.29, 0.717) is 12.6 Å². The van der Waals surface area contributed by atoms with E-state index in [4.69, 9.17) is 15.2 Å². The zero-order valence-electron chi connectivity index (χ0n) is 11.0. The second-order valence-corrected chi connectivity index (χ2v) is 4.57. The molecule has 0 radical (unpaired) electrons. The van der Waals surface area contributed by atoms with Crippen molar-refractivity contribution >= 4 is 5.69 Å².